The topological polar surface area (TPSA) is 129 Å². The van der Waals surface area contributed by atoms with Gasteiger partial charge in [-0.3, -0.25) is 0 Å². The van der Waals surface area contributed by atoms with Crippen LogP contribution in [0.2, 0.25) is 0 Å². The fourth-order valence-corrected chi connectivity index (χ4v) is 3.48. The first kappa shape index (κ1) is 19.3. The van der Waals surface area contributed by atoms with Crippen molar-refractivity contribution in [3.8, 4) is 0 Å². The summed E-state index contributed by atoms with van der Waals surface area (Å²) in [5.41, 5.74) is 5.75. The molecule has 10 heteroatoms. The normalized spacial score (nSPS) is 26.2. The van der Waals surface area contributed by atoms with Crippen molar-refractivity contribution in [3.05, 3.63) is 41.2 Å². The summed E-state index contributed by atoms with van der Waals surface area (Å²) in [5, 5.41) is 31.4. The Labute approximate surface area is 154 Å². The zero-order valence-electron chi connectivity index (χ0n) is 14.8. The minimum absolute atomic E-state index is 0.0238. The second kappa shape index (κ2) is 7.29. The summed E-state index contributed by atoms with van der Waals surface area (Å²) < 4.78 is 26.6. The maximum absolute atomic E-state index is 13.5. The number of nitrogens with two attached hydrogens (primary N) is 1. The predicted molar refractivity (Wildman–Crippen MR) is 92.6 cm³/mol. The highest BCUT2D eigenvalue weighted by atomic mass is 19.2. The van der Waals surface area contributed by atoms with Crippen LogP contribution in [-0.4, -0.2) is 55.6 Å². The molecule has 146 valence electrons. The highest BCUT2D eigenvalue weighted by Crippen LogP contribution is 2.39. The zero-order valence-corrected chi connectivity index (χ0v) is 14.8. The first-order chi connectivity index (χ1) is 12.7. The quantitative estimate of drug-likeness (QED) is 0.596. The second-order valence-corrected chi connectivity index (χ2v) is 6.72. The van der Waals surface area contributed by atoms with Crippen molar-refractivity contribution in [2.24, 2.45) is 5.92 Å². The van der Waals surface area contributed by atoms with Gasteiger partial charge in [0.15, 0.2) is 11.6 Å². The van der Waals surface area contributed by atoms with E-state index in [2.05, 4.69) is 15.0 Å². The lowest BCUT2D eigenvalue weighted by Crippen LogP contribution is -2.42. The number of aryl methyl sites for hydroxylation is 1. The molecule has 1 saturated carbocycles. The molecule has 2 aromatic rings. The second-order valence-electron chi connectivity index (χ2n) is 6.72. The molecule has 0 aliphatic heterocycles. The van der Waals surface area contributed by atoms with Gasteiger partial charge in [0, 0.05) is 13.0 Å². The van der Waals surface area contributed by atoms with E-state index in [0.717, 1.165) is 12.1 Å². The summed E-state index contributed by atoms with van der Waals surface area (Å²) in [5.74, 6) is -2.27. The van der Waals surface area contributed by atoms with Gasteiger partial charge in [0.1, 0.15) is 11.9 Å². The molecule has 0 spiro atoms. The fourth-order valence-electron chi connectivity index (χ4n) is 3.48. The molecule has 1 fully saturated rings. The van der Waals surface area contributed by atoms with Crippen LogP contribution < -0.4 is 10.6 Å². The van der Waals surface area contributed by atoms with Crippen molar-refractivity contribution >= 4 is 11.9 Å². The van der Waals surface area contributed by atoms with Crippen LogP contribution in [0.3, 0.4) is 0 Å². The van der Waals surface area contributed by atoms with Gasteiger partial charge < -0.3 is 26.0 Å². The molecule has 1 heterocycles. The summed E-state index contributed by atoms with van der Waals surface area (Å²) in [7, 11) is 1.63. The summed E-state index contributed by atoms with van der Waals surface area (Å²) >= 11 is 0. The molecule has 1 aliphatic carbocycles. The van der Waals surface area contributed by atoms with Crippen LogP contribution >= 0.6 is 0 Å². The van der Waals surface area contributed by atoms with E-state index < -0.39 is 41.9 Å². The lowest BCUT2D eigenvalue weighted by atomic mass is 9.92. The molecule has 27 heavy (non-hydrogen) atoms. The molecule has 0 unspecified atom stereocenters. The molecular formula is C17H21F2N5O3. The highest BCUT2D eigenvalue weighted by Gasteiger charge is 2.47. The zero-order chi connectivity index (χ0) is 19.9. The molecule has 0 bridgehead atoms. The van der Waals surface area contributed by atoms with E-state index in [-0.39, 0.29) is 23.9 Å². The number of nitrogens with zero attached hydrogens (tertiary/aromatic N) is 4. The number of aromatic nitrogens is 3. The van der Waals surface area contributed by atoms with Gasteiger partial charge in [-0.2, -0.15) is 15.0 Å². The van der Waals surface area contributed by atoms with E-state index in [1.165, 1.54) is 6.07 Å². The lowest BCUT2D eigenvalue weighted by Gasteiger charge is -2.27. The van der Waals surface area contributed by atoms with Gasteiger partial charge in [-0.05, 0) is 31.0 Å². The maximum atomic E-state index is 13.5. The molecule has 8 nitrogen and oxygen atoms in total. The van der Waals surface area contributed by atoms with E-state index in [1.54, 1.807) is 18.9 Å². The number of halogens is 2. The van der Waals surface area contributed by atoms with Crippen LogP contribution in [0, 0.1) is 24.5 Å². The summed E-state index contributed by atoms with van der Waals surface area (Å²) in [6, 6.07) is 2.42. The lowest BCUT2D eigenvalue weighted by molar-refractivity contribution is -0.0232. The van der Waals surface area contributed by atoms with E-state index in [9.17, 15) is 24.1 Å². The number of nitrogen functional groups attached to an aromatic ring is 1. The number of anilines is 2. The third-order valence-corrected chi connectivity index (χ3v) is 4.95. The molecule has 3 rings (SSSR count). The summed E-state index contributed by atoms with van der Waals surface area (Å²) in [6.07, 6.45) is -3.60. The van der Waals surface area contributed by atoms with Crippen molar-refractivity contribution in [1.29, 1.82) is 0 Å². The van der Waals surface area contributed by atoms with Gasteiger partial charge in [-0.1, -0.05) is 6.07 Å². The van der Waals surface area contributed by atoms with Crippen LogP contribution in [-0.2, 0) is 0 Å². The van der Waals surface area contributed by atoms with Crippen molar-refractivity contribution in [1.82, 2.24) is 15.0 Å². The summed E-state index contributed by atoms with van der Waals surface area (Å²) in [4.78, 5) is 13.6. The number of aliphatic hydroxyl groups is 3. The molecule has 0 amide bonds. The first-order valence-electron chi connectivity index (χ1n) is 8.39. The van der Waals surface area contributed by atoms with E-state index >= 15 is 0 Å². The number of benzene rings is 1. The minimum Gasteiger partial charge on any atom is -0.390 e. The molecule has 1 aromatic carbocycles. The third kappa shape index (κ3) is 3.68. The van der Waals surface area contributed by atoms with Crippen molar-refractivity contribution in [2.75, 3.05) is 17.7 Å². The van der Waals surface area contributed by atoms with Crippen LogP contribution in [0.25, 0.3) is 0 Å². The van der Waals surface area contributed by atoms with E-state index in [1.807, 2.05) is 0 Å². The monoisotopic (exact) mass is 381 g/mol. The van der Waals surface area contributed by atoms with Crippen LogP contribution in [0.4, 0.5) is 20.7 Å². The molecule has 5 atom stereocenters. The van der Waals surface area contributed by atoms with Gasteiger partial charge in [-0.15, -0.1) is 0 Å². The SMILES string of the molecule is Cc1nc(N)nc(N(C)[C@@H]2C[C@H]([C@@H](O)c3ccc(F)c(F)c3)[C@@H](O)[C@H]2O)n1. The van der Waals surface area contributed by atoms with Gasteiger partial charge in [0.25, 0.3) is 0 Å². The molecule has 1 aromatic heterocycles. The van der Waals surface area contributed by atoms with Crippen LogP contribution in [0.5, 0.6) is 0 Å². The molecular weight excluding hydrogens is 360 g/mol. The van der Waals surface area contributed by atoms with Gasteiger partial charge in [0.05, 0.1) is 18.2 Å². The smallest absolute Gasteiger partial charge is 0.230 e. The number of hydrogen-bond acceptors (Lipinski definition) is 8. The Morgan fingerprint density at radius 1 is 1.15 bits per heavy atom. The predicted octanol–water partition coefficient (Wildman–Crippen LogP) is 0.321. The Balaban J connectivity index is 1.83. The molecule has 5 N–H and O–H groups in total. The van der Waals surface area contributed by atoms with Gasteiger partial charge in [0.2, 0.25) is 11.9 Å². The third-order valence-electron chi connectivity index (χ3n) is 4.95. The minimum atomic E-state index is -1.28. The Kier molecular flexibility index (Phi) is 5.22. The highest BCUT2D eigenvalue weighted by molar-refractivity contribution is 5.36. The van der Waals surface area contributed by atoms with Crippen LogP contribution in [0.15, 0.2) is 18.2 Å². The van der Waals surface area contributed by atoms with Crippen molar-refractivity contribution < 1.29 is 24.1 Å². The molecule has 0 saturated heterocycles. The fraction of sp³-hybridized carbons (Fsp3) is 0.471. The molecule has 0 radical (unpaired) electrons. The number of aliphatic hydroxyl groups excluding tert-OH is 3. The van der Waals surface area contributed by atoms with E-state index in [0.29, 0.717) is 5.82 Å². The average molecular weight is 381 g/mol. The standard InChI is InChI=1S/C17H21F2N5O3/c1-7-21-16(20)23-17(22-7)24(2)12-6-9(14(26)15(12)27)13(25)8-3-4-10(18)11(19)5-8/h3-5,9,12-15,25-27H,6H2,1-2H3,(H2,20,21,22,23)/t9-,12-,13+,14-,15+/m1/s1. The van der Waals surface area contributed by atoms with Crippen molar-refractivity contribution in [3.63, 3.8) is 0 Å². The number of likely N-dealkylation sites (N-methyl/N-ethyl adjacent to an activating group) is 1. The maximum Gasteiger partial charge on any atom is 0.230 e. The number of hydrogen-bond donors (Lipinski definition) is 4. The Morgan fingerprint density at radius 2 is 1.85 bits per heavy atom. The Bertz CT molecular complexity index is 820. The number of rotatable bonds is 4. The van der Waals surface area contributed by atoms with Crippen LogP contribution in [0.1, 0.15) is 23.9 Å². The van der Waals surface area contributed by atoms with Gasteiger partial charge >= 0.3 is 0 Å². The molecule has 1 aliphatic rings. The summed E-state index contributed by atoms with van der Waals surface area (Å²) in [6.45, 7) is 1.64. The average Bonchev–Trinajstić information content (AvgIpc) is 2.90. The van der Waals surface area contributed by atoms with E-state index in [4.69, 9.17) is 5.73 Å². The Morgan fingerprint density at radius 3 is 2.48 bits per heavy atom. The largest absolute Gasteiger partial charge is 0.390 e. The first-order valence-corrected chi connectivity index (χ1v) is 8.39. The Hall–Kier alpha value is -2.43. The van der Waals surface area contributed by atoms with Gasteiger partial charge in [-0.25, -0.2) is 8.78 Å². The van der Waals surface area contributed by atoms with Crippen molar-refractivity contribution in [2.45, 2.75) is 37.7 Å².